The molecule has 1 aliphatic heterocycles. The second kappa shape index (κ2) is 12.4. The summed E-state index contributed by atoms with van der Waals surface area (Å²) in [6, 6.07) is 3.11. The fraction of sp³-hybridized carbons (Fsp3) is 0.667. The van der Waals surface area contributed by atoms with E-state index in [-0.39, 0.29) is 48.4 Å². The van der Waals surface area contributed by atoms with Crippen LogP contribution in [-0.2, 0) is 11.3 Å². The summed E-state index contributed by atoms with van der Waals surface area (Å²) in [6.07, 6.45) is -1.51. The van der Waals surface area contributed by atoms with Crippen molar-refractivity contribution >= 4 is 29.9 Å². The Morgan fingerprint density at radius 1 is 1.41 bits per heavy atom. The van der Waals surface area contributed by atoms with E-state index in [4.69, 9.17) is 4.74 Å². The van der Waals surface area contributed by atoms with Crippen molar-refractivity contribution in [2.24, 2.45) is 10.4 Å². The Hall–Kier alpha value is -1.34. The molecule has 0 aromatic carbocycles. The van der Waals surface area contributed by atoms with Crippen molar-refractivity contribution in [1.29, 1.82) is 0 Å². The van der Waals surface area contributed by atoms with Crippen molar-refractivity contribution in [3.05, 3.63) is 23.9 Å². The van der Waals surface area contributed by atoms with E-state index in [1.165, 1.54) is 12.3 Å². The minimum Gasteiger partial charge on any atom is -0.468 e. The molecule has 0 bridgehead atoms. The Morgan fingerprint density at radius 2 is 2.21 bits per heavy atom. The molecule has 2 rings (SSSR count). The van der Waals surface area contributed by atoms with Crippen LogP contribution in [0.5, 0.6) is 5.88 Å². The first kappa shape index (κ1) is 25.7. The van der Waals surface area contributed by atoms with Gasteiger partial charge in [0.2, 0.25) is 5.88 Å². The Kier molecular flexibility index (Phi) is 11.0. The second-order valence-electron chi connectivity index (χ2n) is 6.73. The zero-order valence-corrected chi connectivity index (χ0v) is 18.6. The lowest BCUT2D eigenvalue weighted by atomic mass is 9.84. The number of hydrogen-bond acceptors (Lipinski definition) is 5. The van der Waals surface area contributed by atoms with Crippen molar-refractivity contribution in [1.82, 2.24) is 15.6 Å². The number of pyridine rings is 1. The molecule has 1 saturated heterocycles. The maximum Gasteiger partial charge on any atom is 0.422 e. The van der Waals surface area contributed by atoms with Gasteiger partial charge < -0.3 is 25.2 Å². The number of ether oxygens (including phenoxy) is 2. The third-order valence-corrected chi connectivity index (χ3v) is 4.40. The van der Waals surface area contributed by atoms with E-state index in [1.807, 2.05) is 6.92 Å². The lowest BCUT2D eigenvalue weighted by Crippen LogP contribution is -2.44. The normalized spacial score (nSPS) is 19.6. The van der Waals surface area contributed by atoms with Gasteiger partial charge >= 0.3 is 6.18 Å². The molecule has 2 heterocycles. The van der Waals surface area contributed by atoms with Crippen LogP contribution in [-0.4, -0.2) is 61.7 Å². The van der Waals surface area contributed by atoms with Gasteiger partial charge in [0.15, 0.2) is 12.6 Å². The molecule has 166 valence electrons. The molecule has 0 aliphatic carbocycles. The summed E-state index contributed by atoms with van der Waals surface area (Å²) in [6.45, 7) is 3.43. The molecule has 1 aromatic heterocycles. The molecular formula is C18H28F3IN4O3. The number of aliphatic imine (C=N–C) groups is 1. The maximum absolute atomic E-state index is 12.3. The predicted octanol–water partition coefficient (Wildman–Crippen LogP) is 2.48. The number of aromatic nitrogens is 1. The number of alkyl halides is 3. The first-order valence-corrected chi connectivity index (χ1v) is 9.21. The van der Waals surface area contributed by atoms with Gasteiger partial charge in [-0.25, -0.2) is 9.98 Å². The van der Waals surface area contributed by atoms with Crippen LogP contribution in [0, 0.1) is 5.41 Å². The minimum atomic E-state index is -4.41. The standard InChI is InChI=1S/C18H27F3N4O3.HI/c1-2-22-16(25-11-17(4-7-26)5-8-27-12-17)24-10-14-3-6-23-15(9-14)28-13-18(19,20)21;/h3,6,9,26H,2,4-5,7-8,10-13H2,1H3,(H2,22,24,25);1H. The highest BCUT2D eigenvalue weighted by atomic mass is 127. The third-order valence-electron chi connectivity index (χ3n) is 4.40. The molecule has 0 spiro atoms. The highest BCUT2D eigenvalue weighted by Gasteiger charge is 2.34. The highest BCUT2D eigenvalue weighted by Crippen LogP contribution is 2.31. The molecule has 29 heavy (non-hydrogen) atoms. The van der Waals surface area contributed by atoms with Gasteiger partial charge in [-0.05, 0) is 31.4 Å². The first-order valence-electron chi connectivity index (χ1n) is 9.21. The summed E-state index contributed by atoms with van der Waals surface area (Å²) in [7, 11) is 0. The van der Waals surface area contributed by atoms with Gasteiger partial charge in [0.25, 0.3) is 0 Å². The molecule has 1 atom stereocenters. The monoisotopic (exact) mass is 532 g/mol. The van der Waals surface area contributed by atoms with E-state index in [9.17, 15) is 18.3 Å². The molecule has 7 nitrogen and oxygen atoms in total. The Labute approximate surface area is 185 Å². The molecule has 11 heteroatoms. The summed E-state index contributed by atoms with van der Waals surface area (Å²) in [4.78, 5) is 8.26. The van der Waals surface area contributed by atoms with Crippen molar-refractivity contribution in [3.63, 3.8) is 0 Å². The number of guanidine groups is 1. The molecule has 0 saturated carbocycles. The molecule has 0 amide bonds. The quantitative estimate of drug-likeness (QED) is 0.258. The summed E-state index contributed by atoms with van der Waals surface area (Å²) >= 11 is 0. The number of aliphatic hydroxyl groups is 1. The van der Waals surface area contributed by atoms with Gasteiger partial charge in [-0.2, -0.15) is 13.2 Å². The lowest BCUT2D eigenvalue weighted by Gasteiger charge is -2.27. The van der Waals surface area contributed by atoms with Crippen molar-refractivity contribution < 1.29 is 27.8 Å². The van der Waals surface area contributed by atoms with Gasteiger partial charge in [-0.1, -0.05) is 0 Å². The summed E-state index contributed by atoms with van der Waals surface area (Å²) < 4.78 is 46.9. The SMILES string of the molecule is CCNC(=NCc1ccnc(OCC(F)(F)F)c1)NCC1(CCO)CCOC1.I. The fourth-order valence-corrected chi connectivity index (χ4v) is 2.88. The van der Waals surface area contributed by atoms with E-state index in [2.05, 4.69) is 25.3 Å². The van der Waals surface area contributed by atoms with Crippen LogP contribution in [0.25, 0.3) is 0 Å². The van der Waals surface area contributed by atoms with E-state index in [0.717, 1.165) is 6.42 Å². The fourth-order valence-electron chi connectivity index (χ4n) is 2.88. The number of rotatable bonds is 9. The van der Waals surface area contributed by atoms with Crippen LogP contribution in [0.4, 0.5) is 13.2 Å². The van der Waals surface area contributed by atoms with E-state index >= 15 is 0 Å². The summed E-state index contributed by atoms with van der Waals surface area (Å²) in [5.41, 5.74) is 0.555. The molecule has 1 aliphatic rings. The zero-order chi connectivity index (χ0) is 20.5. The van der Waals surface area contributed by atoms with E-state index in [1.54, 1.807) is 6.07 Å². The van der Waals surface area contributed by atoms with Crippen molar-refractivity contribution in [2.75, 3.05) is 39.5 Å². The van der Waals surface area contributed by atoms with Gasteiger partial charge in [0.05, 0.1) is 13.2 Å². The minimum absolute atomic E-state index is 0. The van der Waals surface area contributed by atoms with Crippen LogP contribution in [0.15, 0.2) is 23.3 Å². The second-order valence-corrected chi connectivity index (χ2v) is 6.73. The lowest BCUT2D eigenvalue weighted by molar-refractivity contribution is -0.154. The Balaban J connectivity index is 0.00000420. The molecule has 1 unspecified atom stereocenters. The molecule has 1 fully saturated rings. The van der Waals surface area contributed by atoms with Crippen LogP contribution < -0.4 is 15.4 Å². The number of nitrogens with one attached hydrogen (secondary N) is 2. The van der Waals surface area contributed by atoms with Crippen LogP contribution >= 0.6 is 24.0 Å². The number of nitrogens with zero attached hydrogens (tertiary/aromatic N) is 2. The number of aliphatic hydroxyl groups excluding tert-OH is 1. The van der Waals surface area contributed by atoms with E-state index < -0.39 is 12.8 Å². The molecule has 3 N–H and O–H groups in total. The van der Waals surface area contributed by atoms with Crippen molar-refractivity contribution in [3.8, 4) is 5.88 Å². The van der Waals surface area contributed by atoms with Crippen LogP contribution in [0.1, 0.15) is 25.3 Å². The molecule has 0 radical (unpaired) electrons. The average Bonchev–Trinajstić information content (AvgIpc) is 3.11. The highest BCUT2D eigenvalue weighted by molar-refractivity contribution is 14.0. The van der Waals surface area contributed by atoms with Gasteiger partial charge in [0, 0.05) is 44.0 Å². The Morgan fingerprint density at radius 3 is 2.83 bits per heavy atom. The summed E-state index contributed by atoms with van der Waals surface area (Å²) in [5.74, 6) is 0.495. The van der Waals surface area contributed by atoms with Gasteiger partial charge in [0.1, 0.15) is 0 Å². The Bertz CT molecular complexity index is 641. The predicted molar refractivity (Wildman–Crippen MR) is 114 cm³/mol. The summed E-state index contributed by atoms with van der Waals surface area (Å²) in [5, 5.41) is 15.7. The van der Waals surface area contributed by atoms with Crippen LogP contribution in [0.2, 0.25) is 0 Å². The topological polar surface area (TPSA) is 88.0 Å². The number of hydrogen-bond donors (Lipinski definition) is 3. The van der Waals surface area contributed by atoms with Crippen molar-refractivity contribution in [2.45, 2.75) is 32.5 Å². The van der Waals surface area contributed by atoms with Crippen LogP contribution in [0.3, 0.4) is 0 Å². The average molecular weight is 532 g/mol. The first-order chi connectivity index (χ1) is 13.4. The third kappa shape index (κ3) is 9.34. The molecule has 1 aromatic rings. The zero-order valence-electron chi connectivity index (χ0n) is 16.3. The molecular weight excluding hydrogens is 504 g/mol. The van der Waals surface area contributed by atoms with E-state index in [0.29, 0.717) is 44.2 Å². The van der Waals surface area contributed by atoms with Gasteiger partial charge in [-0.15, -0.1) is 24.0 Å². The smallest absolute Gasteiger partial charge is 0.422 e. The largest absolute Gasteiger partial charge is 0.468 e. The van der Waals surface area contributed by atoms with Gasteiger partial charge in [-0.3, -0.25) is 0 Å². The maximum atomic E-state index is 12.3. The number of halogens is 4.